The van der Waals surface area contributed by atoms with Gasteiger partial charge < -0.3 is 14.2 Å². The molecule has 1 aromatic heterocycles. The van der Waals surface area contributed by atoms with Crippen LogP contribution in [0.5, 0.6) is 0 Å². The first-order valence-corrected chi connectivity index (χ1v) is 8.52. The Labute approximate surface area is 142 Å². The van der Waals surface area contributed by atoms with Gasteiger partial charge >= 0.3 is 0 Å². The Balaban J connectivity index is 1.35. The van der Waals surface area contributed by atoms with E-state index in [1.54, 1.807) is 0 Å². The van der Waals surface area contributed by atoms with Crippen LogP contribution in [0.15, 0.2) is 71.3 Å². The summed E-state index contributed by atoms with van der Waals surface area (Å²) in [6.07, 6.45) is 1.84. The summed E-state index contributed by atoms with van der Waals surface area (Å²) < 4.78 is 5.94. The van der Waals surface area contributed by atoms with Crippen LogP contribution in [0.2, 0.25) is 0 Å². The Morgan fingerprint density at radius 1 is 0.917 bits per heavy atom. The maximum Gasteiger partial charge on any atom is 0.250 e. The van der Waals surface area contributed by atoms with Crippen LogP contribution in [-0.2, 0) is 6.54 Å². The standard InChI is InChI=1S/C20H21N3O/c1-3-7-17(8-4-1)19-15-21-20(24-19)16-22-11-13-23(14-12-22)18-9-5-2-6-10-18/h1-10,15H,11-14,16H2/p+1. The Hall–Kier alpha value is -2.59. The fourth-order valence-corrected chi connectivity index (χ4v) is 3.24. The Bertz CT molecular complexity index is 762. The van der Waals surface area contributed by atoms with Crippen LogP contribution in [0.4, 0.5) is 5.69 Å². The van der Waals surface area contributed by atoms with E-state index in [1.807, 2.05) is 24.4 Å². The highest BCUT2D eigenvalue weighted by Gasteiger charge is 2.22. The minimum Gasteiger partial charge on any atom is -0.435 e. The molecule has 1 N–H and O–H groups in total. The quantitative estimate of drug-likeness (QED) is 0.800. The van der Waals surface area contributed by atoms with Gasteiger partial charge in [-0.15, -0.1) is 0 Å². The molecule has 4 nitrogen and oxygen atoms in total. The summed E-state index contributed by atoms with van der Waals surface area (Å²) >= 11 is 0. The molecule has 4 heteroatoms. The second-order valence-corrected chi connectivity index (χ2v) is 6.23. The van der Waals surface area contributed by atoms with Gasteiger partial charge in [-0.05, 0) is 12.1 Å². The van der Waals surface area contributed by atoms with Crippen LogP contribution in [-0.4, -0.2) is 31.2 Å². The lowest BCUT2D eigenvalue weighted by molar-refractivity contribution is -0.915. The number of benzene rings is 2. The zero-order valence-corrected chi connectivity index (χ0v) is 13.7. The highest BCUT2D eigenvalue weighted by Crippen LogP contribution is 2.19. The second-order valence-electron chi connectivity index (χ2n) is 6.23. The molecule has 4 rings (SSSR count). The molecule has 24 heavy (non-hydrogen) atoms. The summed E-state index contributed by atoms with van der Waals surface area (Å²) in [4.78, 5) is 8.45. The number of rotatable bonds is 4. The van der Waals surface area contributed by atoms with Crippen LogP contribution in [0, 0.1) is 0 Å². The van der Waals surface area contributed by atoms with Crippen molar-refractivity contribution in [2.45, 2.75) is 6.54 Å². The molecule has 122 valence electrons. The molecule has 0 amide bonds. The molecular weight excluding hydrogens is 298 g/mol. The molecule has 2 heterocycles. The predicted molar refractivity (Wildman–Crippen MR) is 95.0 cm³/mol. The second kappa shape index (κ2) is 6.89. The maximum absolute atomic E-state index is 5.94. The van der Waals surface area contributed by atoms with Gasteiger partial charge in [0.05, 0.1) is 32.4 Å². The number of quaternary nitrogens is 1. The highest BCUT2D eigenvalue weighted by atomic mass is 16.4. The number of oxazole rings is 1. The minimum absolute atomic E-state index is 0.831. The molecule has 2 aromatic carbocycles. The highest BCUT2D eigenvalue weighted by molar-refractivity contribution is 5.55. The average Bonchev–Trinajstić information content (AvgIpc) is 3.12. The number of hydrogen-bond donors (Lipinski definition) is 1. The van der Waals surface area contributed by atoms with Crippen molar-refractivity contribution < 1.29 is 9.32 Å². The Morgan fingerprint density at radius 3 is 2.29 bits per heavy atom. The van der Waals surface area contributed by atoms with Crippen molar-refractivity contribution in [2.24, 2.45) is 0 Å². The lowest BCUT2D eigenvalue weighted by Crippen LogP contribution is -3.13. The molecule has 0 aliphatic carbocycles. The average molecular weight is 320 g/mol. The van der Waals surface area contributed by atoms with Crippen molar-refractivity contribution in [1.82, 2.24) is 4.98 Å². The number of nitrogens with zero attached hydrogens (tertiary/aromatic N) is 2. The van der Waals surface area contributed by atoms with E-state index in [0.29, 0.717) is 0 Å². The maximum atomic E-state index is 5.94. The minimum atomic E-state index is 0.831. The number of aromatic nitrogens is 1. The third-order valence-electron chi connectivity index (χ3n) is 4.60. The van der Waals surface area contributed by atoms with Gasteiger partial charge in [-0.2, -0.15) is 0 Å². The molecule has 1 aliphatic heterocycles. The Morgan fingerprint density at radius 2 is 1.58 bits per heavy atom. The third-order valence-corrected chi connectivity index (χ3v) is 4.60. The van der Waals surface area contributed by atoms with Gasteiger partial charge in [0.25, 0.3) is 5.89 Å². The van der Waals surface area contributed by atoms with Gasteiger partial charge in [0.2, 0.25) is 0 Å². The molecule has 0 radical (unpaired) electrons. The lowest BCUT2D eigenvalue weighted by Gasteiger charge is -2.33. The molecule has 0 saturated carbocycles. The number of para-hydroxylation sites is 1. The van der Waals surface area contributed by atoms with Crippen molar-refractivity contribution in [2.75, 3.05) is 31.1 Å². The SMILES string of the molecule is c1ccc(-c2cnc(C[NH+]3CCN(c4ccccc4)CC3)o2)cc1. The van der Waals surface area contributed by atoms with E-state index in [1.165, 1.54) is 10.6 Å². The summed E-state index contributed by atoms with van der Waals surface area (Å²) in [5, 5.41) is 0. The molecule has 1 aliphatic rings. The largest absolute Gasteiger partial charge is 0.435 e. The van der Waals surface area contributed by atoms with Crippen LogP contribution in [0.3, 0.4) is 0 Å². The zero-order chi connectivity index (χ0) is 16.2. The van der Waals surface area contributed by atoms with E-state index in [4.69, 9.17) is 4.42 Å². The van der Waals surface area contributed by atoms with Crippen molar-refractivity contribution in [1.29, 1.82) is 0 Å². The van der Waals surface area contributed by atoms with Crippen LogP contribution < -0.4 is 9.80 Å². The molecule has 3 aromatic rings. The molecule has 0 atom stereocenters. The third kappa shape index (κ3) is 3.34. The van der Waals surface area contributed by atoms with E-state index < -0.39 is 0 Å². The van der Waals surface area contributed by atoms with E-state index in [-0.39, 0.29) is 0 Å². The first kappa shape index (κ1) is 15.0. The summed E-state index contributed by atoms with van der Waals surface area (Å²) in [5.41, 5.74) is 2.40. The van der Waals surface area contributed by atoms with Gasteiger partial charge in [-0.3, -0.25) is 0 Å². The van der Waals surface area contributed by atoms with Crippen molar-refractivity contribution in [3.63, 3.8) is 0 Å². The van der Waals surface area contributed by atoms with E-state index in [0.717, 1.165) is 49.9 Å². The molecular formula is C20H22N3O+. The van der Waals surface area contributed by atoms with E-state index in [2.05, 4.69) is 52.3 Å². The molecule has 1 fully saturated rings. The molecule has 0 unspecified atom stereocenters. The number of nitrogens with one attached hydrogen (secondary N) is 1. The first-order chi connectivity index (χ1) is 11.9. The van der Waals surface area contributed by atoms with Gasteiger partial charge in [0, 0.05) is 11.3 Å². The Kier molecular flexibility index (Phi) is 4.30. The molecule has 0 bridgehead atoms. The van der Waals surface area contributed by atoms with Crippen LogP contribution in [0.1, 0.15) is 5.89 Å². The summed E-state index contributed by atoms with van der Waals surface area (Å²) in [7, 11) is 0. The lowest BCUT2D eigenvalue weighted by atomic mass is 10.2. The van der Waals surface area contributed by atoms with Crippen LogP contribution >= 0.6 is 0 Å². The zero-order valence-electron chi connectivity index (χ0n) is 13.7. The normalized spacial score (nSPS) is 15.6. The molecule has 1 saturated heterocycles. The smallest absolute Gasteiger partial charge is 0.250 e. The fourth-order valence-electron chi connectivity index (χ4n) is 3.24. The van der Waals surface area contributed by atoms with Gasteiger partial charge in [-0.25, -0.2) is 4.98 Å². The van der Waals surface area contributed by atoms with E-state index in [9.17, 15) is 0 Å². The van der Waals surface area contributed by atoms with Gasteiger partial charge in [-0.1, -0.05) is 48.5 Å². The first-order valence-electron chi connectivity index (χ1n) is 8.52. The summed E-state index contributed by atoms with van der Waals surface area (Å²) in [6.45, 7) is 5.22. The molecule has 0 spiro atoms. The summed E-state index contributed by atoms with van der Waals surface area (Å²) in [5.74, 6) is 1.69. The van der Waals surface area contributed by atoms with Crippen LogP contribution in [0.25, 0.3) is 11.3 Å². The number of hydrogen-bond acceptors (Lipinski definition) is 3. The van der Waals surface area contributed by atoms with Crippen molar-refractivity contribution in [3.8, 4) is 11.3 Å². The van der Waals surface area contributed by atoms with E-state index >= 15 is 0 Å². The number of anilines is 1. The summed E-state index contributed by atoms with van der Waals surface area (Å²) in [6, 6.07) is 20.8. The van der Waals surface area contributed by atoms with Gasteiger partial charge in [0.1, 0.15) is 0 Å². The topological polar surface area (TPSA) is 33.7 Å². The fraction of sp³-hybridized carbons (Fsp3) is 0.250. The van der Waals surface area contributed by atoms with Gasteiger partial charge in [0.15, 0.2) is 12.3 Å². The van der Waals surface area contributed by atoms with Crippen molar-refractivity contribution in [3.05, 3.63) is 72.8 Å². The predicted octanol–water partition coefficient (Wildman–Crippen LogP) is 2.25. The monoisotopic (exact) mass is 320 g/mol. The number of piperazine rings is 1. The van der Waals surface area contributed by atoms with Crippen molar-refractivity contribution >= 4 is 5.69 Å².